The Bertz CT molecular complexity index is 142. The van der Waals surface area contributed by atoms with Crippen molar-refractivity contribution in [2.75, 3.05) is 6.26 Å². The van der Waals surface area contributed by atoms with Gasteiger partial charge in [0, 0.05) is 0 Å². The first-order valence-electron chi connectivity index (χ1n) is 1.63. The van der Waals surface area contributed by atoms with Gasteiger partial charge in [-0.15, -0.1) is 11.8 Å². The molecule has 0 aliphatic rings. The second-order valence-corrected chi connectivity index (χ2v) is 2.40. The average Bonchev–Trinajstić information content (AvgIpc) is 1.61. The van der Waals surface area contributed by atoms with Crippen molar-refractivity contribution in [2.45, 2.75) is 0 Å². The van der Waals surface area contributed by atoms with E-state index < -0.39 is 10.4 Å². The molecule has 0 bridgehead atoms. The molecule has 0 unspecified atom stereocenters. The molecule has 0 heterocycles. The molecule has 56 valence electrons. The number of rotatable bonds is 1. The number of hydrogen-bond acceptors (Lipinski definition) is 4. The van der Waals surface area contributed by atoms with Crippen LogP contribution in [0.15, 0.2) is 0 Å². The maximum absolute atomic E-state index is 8.74. The maximum Gasteiger partial charge on any atom is 0.394 e. The Labute approximate surface area is 57.6 Å². The van der Waals surface area contributed by atoms with Crippen molar-refractivity contribution in [3.63, 3.8) is 0 Å². The Balaban J connectivity index is 0. The summed E-state index contributed by atoms with van der Waals surface area (Å²) in [6.45, 7) is 0. The highest BCUT2D eigenvalue weighted by molar-refractivity contribution is 8.11. The maximum atomic E-state index is 8.74. The third-order valence-electron chi connectivity index (χ3n) is 0.118. The quantitative estimate of drug-likeness (QED) is 0.301. The van der Waals surface area contributed by atoms with E-state index in [-0.39, 0.29) is 0 Å². The molecule has 9 heavy (non-hydrogen) atoms. The molecular weight excluding hydrogens is 166 g/mol. The Hall–Kier alpha value is -0.110. The highest BCUT2D eigenvalue weighted by Crippen LogP contribution is 1.74. The summed E-state index contributed by atoms with van der Waals surface area (Å²) < 4.78 is 31.6. The zero-order valence-electron chi connectivity index (χ0n) is 4.60. The van der Waals surface area contributed by atoms with Crippen LogP contribution in [0.2, 0.25) is 0 Å². The van der Waals surface area contributed by atoms with Crippen LogP contribution in [0, 0.1) is 5.41 Å². The van der Waals surface area contributed by atoms with E-state index in [4.69, 9.17) is 22.9 Å². The third kappa shape index (κ3) is 346. The summed E-state index contributed by atoms with van der Waals surface area (Å²) in [5, 5.41) is 6.29. The lowest BCUT2D eigenvalue weighted by molar-refractivity contribution is 0.381. The standard InChI is InChI=1S/C2H5NS.H2O4S/c1-4-2-3;1-5(2,3)4/h2-3H,1H3;(H2,1,2,3,4). The largest absolute Gasteiger partial charge is 0.394 e. The van der Waals surface area contributed by atoms with Crippen molar-refractivity contribution in [2.24, 2.45) is 0 Å². The molecular formula is C2H7NO4S2. The fourth-order valence-electron chi connectivity index (χ4n) is 0. The van der Waals surface area contributed by atoms with Gasteiger partial charge in [0.2, 0.25) is 0 Å². The van der Waals surface area contributed by atoms with Crippen molar-refractivity contribution in [1.82, 2.24) is 0 Å². The van der Waals surface area contributed by atoms with Gasteiger partial charge in [-0.1, -0.05) is 0 Å². The van der Waals surface area contributed by atoms with Gasteiger partial charge in [-0.05, 0) is 6.26 Å². The highest BCUT2D eigenvalue weighted by atomic mass is 32.3. The van der Waals surface area contributed by atoms with E-state index in [1.807, 2.05) is 6.26 Å². The monoisotopic (exact) mass is 173 g/mol. The molecule has 0 saturated carbocycles. The lowest BCUT2D eigenvalue weighted by Gasteiger charge is -1.68. The molecule has 0 rings (SSSR count). The highest BCUT2D eigenvalue weighted by Gasteiger charge is 1.84. The van der Waals surface area contributed by atoms with Crippen LogP contribution >= 0.6 is 11.8 Å². The van der Waals surface area contributed by atoms with Crippen LogP contribution in [-0.4, -0.2) is 29.3 Å². The van der Waals surface area contributed by atoms with E-state index >= 15 is 0 Å². The normalized spacial score (nSPS) is 9.22. The first-order valence-corrected chi connectivity index (χ1v) is 4.32. The van der Waals surface area contributed by atoms with Gasteiger partial charge in [0.25, 0.3) is 0 Å². The Morgan fingerprint density at radius 2 is 1.67 bits per heavy atom. The third-order valence-corrected chi connectivity index (χ3v) is 0.354. The first-order chi connectivity index (χ1) is 3.91. The zero-order valence-corrected chi connectivity index (χ0v) is 6.24. The van der Waals surface area contributed by atoms with Gasteiger partial charge in [0.05, 0.1) is 5.55 Å². The summed E-state index contributed by atoms with van der Waals surface area (Å²) in [6.07, 6.45) is 1.85. The van der Waals surface area contributed by atoms with Crippen molar-refractivity contribution in [3.05, 3.63) is 0 Å². The van der Waals surface area contributed by atoms with Gasteiger partial charge >= 0.3 is 10.4 Å². The van der Waals surface area contributed by atoms with Crippen LogP contribution in [0.5, 0.6) is 0 Å². The molecule has 0 aromatic heterocycles. The Kier molecular flexibility index (Phi) is 7.79. The van der Waals surface area contributed by atoms with Crippen LogP contribution in [0.3, 0.4) is 0 Å². The molecule has 0 atom stereocenters. The van der Waals surface area contributed by atoms with Gasteiger partial charge in [-0.3, -0.25) is 9.11 Å². The smallest absolute Gasteiger partial charge is 0.302 e. The average molecular weight is 173 g/mol. The summed E-state index contributed by atoms with van der Waals surface area (Å²) >= 11 is 1.40. The lowest BCUT2D eigenvalue weighted by atomic mass is 11.7. The fraction of sp³-hybridized carbons (Fsp3) is 0.500. The second kappa shape index (κ2) is 6.02. The molecule has 0 fully saturated rings. The van der Waals surface area contributed by atoms with Crippen LogP contribution in [0.25, 0.3) is 0 Å². The molecule has 0 aliphatic carbocycles. The molecule has 0 aromatic rings. The zero-order chi connectivity index (χ0) is 7.91. The fourth-order valence-corrected chi connectivity index (χ4v) is 0. The molecule has 3 N–H and O–H groups in total. The molecule has 0 saturated heterocycles. The number of nitrogens with one attached hydrogen (secondary N) is 1. The number of thioether (sulfide) groups is 1. The molecule has 0 aliphatic heterocycles. The molecule has 0 radical (unpaired) electrons. The summed E-state index contributed by atoms with van der Waals surface area (Å²) in [6, 6.07) is 0. The van der Waals surface area contributed by atoms with Crippen molar-refractivity contribution < 1.29 is 17.5 Å². The van der Waals surface area contributed by atoms with Gasteiger partial charge in [-0.2, -0.15) is 8.42 Å². The van der Waals surface area contributed by atoms with E-state index in [9.17, 15) is 0 Å². The van der Waals surface area contributed by atoms with Crippen LogP contribution in [0.4, 0.5) is 0 Å². The lowest BCUT2D eigenvalue weighted by Crippen LogP contribution is -1.89. The summed E-state index contributed by atoms with van der Waals surface area (Å²) in [7, 11) is -4.67. The minimum Gasteiger partial charge on any atom is -0.302 e. The van der Waals surface area contributed by atoms with Crippen LogP contribution in [0.1, 0.15) is 0 Å². The van der Waals surface area contributed by atoms with Gasteiger partial charge in [0.15, 0.2) is 0 Å². The van der Waals surface area contributed by atoms with Crippen molar-refractivity contribution in [1.29, 1.82) is 5.41 Å². The Morgan fingerprint density at radius 3 is 1.67 bits per heavy atom. The predicted molar refractivity (Wildman–Crippen MR) is 36.5 cm³/mol. The Morgan fingerprint density at radius 1 is 1.56 bits per heavy atom. The first kappa shape index (κ1) is 11.7. The van der Waals surface area contributed by atoms with Gasteiger partial charge in [0.1, 0.15) is 0 Å². The van der Waals surface area contributed by atoms with Gasteiger partial charge < -0.3 is 5.41 Å². The van der Waals surface area contributed by atoms with E-state index in [1.54, 1.807) is 0 Å². The van der Waals surface area contributed by atoms with Crippen molar-refractivity contribution >= 4 is 27.7 Å². The second-order valence-electron chi connectivity index (χ2n) is 0.801. The van der Waals surface area contributed by atoms with Crippen molar-refractivity contribution in [3.8, 4) is 0 Å². The minimum atomic E-state index is -4.67. The van der Waals surface area contributed by atoms with Crippen LogP contribution in [-0.2, 0) is 10.4 Å². The summed E-state index contributed by atoms with van der Waals surface area (Å²) in [5.74, 6) is 0. The van der Waals surface area contributed by atoms with E-state index in [0.717, 1.165) is 0 Å². The van der Waals surface area contributed by atoms with E-state index in [1.165, 1.54) is 17.3 Å². The molecule has 0 spiro atoms. The van der Waals surface area contributed by atoms with E-state index in [2.05, 4.69) is 0 Å². The molecule has 7 heteroatoms. The summed E-state index contributed by atoms with van der Waals surface area (Å²) in [5.41, 5.74) is 1.29. The molecule has 0 amide bonds. The topological polar surface area (TPSA) is 98.5 Å². The predicted octanol–water partition coefficient (Wildman–Crippen LogP) is 0.304. The number of hydrogen-bond donors (Lipinski definition) is 3. The van der Waals surface area contributed by atoms with E-state index in [0.29, 0.717) is 0 Å². The molecule has 0 aromatic carbocycles. The SMILES string of the molecule is CSC=N.O=S(=O)(O)O. The summed E-state index contributed by atoms with van der Waals surface area (Å²) in [4.78, 5) is 0. The van der Waals surface area contributed by atoms with Gasteiger partial charge in [-0.25, -0.2) is 0 Å². The van der Waals surface area contributed by atoms with Crippen LogP contribution < -0.4 is 0 Å². The molecule has 5 nitrogen and oxygen atoms in total. The minimum absolute atomic E-state index is 1.29.